The van der Waals surface area contributed by atoms with Crippen LogP contribution in [-0.2, 0) is 23.1 Å². The van der Waals surface area contributed by atoms with Crippen LogP contribution in [-0.4, -0.2) is 29.9 Å². The summed E-state index contributed by atoms with van der Waals surface area (Å²) in [6.07, 6.45) is 4.61. The van der Waals surface area contributed by atoms with Gasteiger partial charge >= 0.3 is 0 Å². The molecule has 1 aromatic rings. The molecule has 2 rings (SSSR count). The van der Waals surface area contributed by atoms with E-state index in [1.165, 1.54) is 0 Å². The van der Waals surface area contributed by atoms with Gasteiger partial charge in [0.1, 0.15) is 4.90 Å². The largest absolute Gasteiger partial charge is 0.349 e. The van der Waals surface area contributed by atoms with Crippen LogP contribution in [0.3, 0.4) is 0 Å². The Balaban J connectivity index is 2.35. The molecule has 120 valence electrons. The minimum atomic E-state index is -3.41. The van der Waals surface area contributed by atoms with Gasteiger partial charge in [0, 0.05) is 37.6 Å². The Morgan fingerprint density at radius 3 is 2.71 bits per heavy atom. The fraction of sp³-hybridized carbons (Fsp3) is 0.733. The van der Waals surface area contributed by atoms with E-state index in [0.29, 0.717) is 23.9 Å². The molecule has 0 aliphatic carbocycles. The Morgan fingerprint density at radius 1 is 1.43 bits per heavy atom. The molecule has 0 amide bonds. The summed E-state index contributed by atoms with van der Waals surface area (Å²) < 4.78 is 29.5. The number of sulfonamides is 1. The van der Waals surface area contributed by atoms with Crippen LogP contribution in [0.5, 0.6) is 0 Å². The van der Waals surface area contributed by atoms with Crippen molar-refractivity contribution in [3.05, 3.63) is 18.0 Å². The van der Waals surface area contributed by atoms with Crippen LogP contribution in [0.25, 0.3) is 0 Å². The maximum absolute atomic E-state index is 12.9. The van der Waals surface area contributed by atoms with Gasteiger partial charge < -0.3 is 10.3 Å². The summed E-state index contributed by atoms with van der Waals surface area (Å²) >= 11 is 0. The molecule has 1 aromatic heterocycles. The van der Waals surface area contributed by atoms with Gasteiger partial charge in [0.15, 0.2) is 0 Å². The second-order valence-corrected chi connectivity index (χ2v) is 8.02. The Bertz CT molecular complexity index is 578. The van der Waals surface area contributed by atoms with Crippen molar-refractivity contribution in [2.45, 2.75) is 64.1 Å². The first kappa shape index (κ1) is 16.5. The molecule has 2 N–H and O–H groups in total. The molecular weight excluding hydrogens is 286 g/mol. The molecule has 1 fully saturated rings. The molecule has 21 heavy (non-hydrogen) atoms. The van der Waals surface area contributed by atoms with Gasteiger partial charge in [-0.05, 0) is 31.2 Å². The van der Waals surface area contributed by atoms with Gasteiger partial charge in [-0.3, -0.25) is 0 Å². The molecule has 6 heteroatoms. The molecule has 1 unspecified atom stereocenters. The van der Waals surface area contributed by atoms with Crippen molar-refractivity contribution in [3.8, 4) is 0 Å². The van der Waals surface area contributed by atoms with Gasteiger partial charge in [-0.2, -0.15) is 4.31 Å². The van der Waals surface area contributed by atoms with Crippen molar-refractivity contribution in [3.63, 3.8) is 0 Å². The highest BCUT2D eigenvalue weighted by molar-refractivity contribution is 7.89. The average molecular weight is 313 g/mol. The van der Waals surface area contributed by atoms with E-state index in [1.807, 2.05) is 4.57 Å². The zero-order valence-electron chi connectivity index (χ0n) is 13.2. The number of rotatable bonds is 6. The van der Waals surface area contributed by atoms with E-state index in [-0.39, 0.29) is 6.04 Å². The van der Waals surface area contributed by atoms with Gasteiger partial charge in [-0.25, -0.2) is 8.42 Å². The predicted octanol–water partition coefficient (Wildman–Crippen LogP) is 2.17. The van der Waals surface area contributed by atoms with Crippen molar-refractivity contribution < 1.29 is 8.42 Å². The van der Waals surface area contributed by atoms with E-state index >= 15 is 0 Å². The van der Waals surface area contributed by atoms with Crippen LogP contribution >= 0.6 is 0 Å². The second kappa shape index (κ2) is 6.50. The van der Waals surface area contributed by atoms with Crippen molar-refractivity contribution in [1.82, 2.24) is 8.87 Å². The third-order valence-corrected chi connectivity index (χ3v) is 6.15. The maximum atomic E-state index is 12.9. The summed E-state index contributed by atoms with van der Waals surface area (Å²) in [6.45, 7) is 8.04. The molecule has 0 saturated carbocycles. The van der Waals surface area contributed by atoms with E-state index in [4.69, 9.17) is 5.73 Å². The van der Waals surface area contributed by atoms with Crippen LogP contribution in [0.4, 0.5) is 0 Å². The average Bonchev–Trinajstić information content (AvgIpc) is 3.05. The van der Waals surface area contributed by atoms with E-state index in [1.54, 1.807) is 16.6 Å². The smallest absolute Gasteiger partial charge is 0.244 e. The topological polar surface area (TPSA) is 68.3 Å². The van der Waals surface area contributed by atoms with Crippen LogP contribution in [0.15, 0.2) is 17.2 Å². The van der Waals surface area contributed by atoms with Gasteiger partial charge in [0.05, 0.1) is 0 Å². The highest BCUT2D eigenvalue weighted by Crippen LogP contribution is 2.30. The van der Waals surface area contributed by atoms with Crippen molar-refractivity contribution in [1.29, 1.82) is 0 Å². The quantitative estimate of drug-likeness (QED) is 0.875. The minimum Gasteiger partial charge on any atom is -0.349 e. The number of hydrogen-bond donors (Lipinski definition) is 1. The minimum absolute atomic E-state index is 0.117. The Kier molecular flexibility index (Phi) is 5.11. The van der Waals surface area contributed by atoms with Crippen molar-refractivity contribution in [2.24, 2.45) is 11.7 Å². The second-order valence-electron chi connectivity index (χ2n) is 6.13. The first-order valence-electron chi connectivity index (χ1n) is 7.82. The zero-order valence-corrected chi connectivity index (χ0v) is 14.1. The van der Waals surface area contributed by atoms with E-state index in [2.05, 4.69) is 20.8 Å². The molecule has 2 heterocycles. The Morgan fingerprint density at radius 2 is 2.14 bits per heavy atom. The van der Waals surface area contributed by atoms with Crippen LogP contribution in [0.2, 0.25) is 0 Å². The summed E-state index contributed by atoms with van der Waals surface area (Å²) in [5.41, 5.74) is 6.62. The van der Waals surface area contributed by atoms with Gasteiger partial charge in [0.2, 0.25) is 10.0 Å². The maximum Gasteiger partial charge on any atom is 0.244 e. The lowest BCUT2D eigenvalue weighted by Crippen LogP contribution is -2.38. The first-order chi connectivity index (χ1) is 9.91. The fourth-order valence-electron chi connectivity index (χ4n) is 3.15. The molecule has 5 nitrogen and oxygen atoms in total. The van der Waals surface area contributed by atoms with Crippen LogP contribution in [0.1, 0.15) is 45.7 Å². The standard InChI is InChI=1S/C15H27N3O2S/c1-4-7-17-11-14(9-13(17)10-16)21(19,20)18-8-5-6-15(18)12(2)3/h9,11-12,15H,4-8,10,16H2,1-3H3. The molecule has 1 saturated heterocycles. The monoisotopic (exact) mass is 313 g/mol. The molecule has 0 aromatic carbocycles. The Hall–Kier alpha value is -0.850. The zero-order chi connectivity index (χ0) is 15.6. The van der Waals surface area contributed by atoms with Gasteiger partial charge in [-0.15, -0.1) is 0 Å². The predicted molar refractivity (Wildman–Crippen MR) is 84.4 cm³/mol. The van der Waals surface area contributed by atoms with Gasteiger partial charge in [0.25, 0.3) is 0 Å². The SMILES string of the molecule is CCCn1cc(S(=O)(=O)N2CCCC2C(C)C)cc1CN. The normalized spacial score (nSPS) is 20.5. The fourth-order valence-corrected chi connectivity index (χ4v) is 5.04. The number of nitrogens with two attached hydrogens (primary N) is 1. The summed E-state index contributed by atoms with van der Waals surface area (Å²) in [4.78, 5) is 0.393. The lowest BCUT2D eigenvalue weighted by Gasteiger charge is -2.26. The molecular formula is C15H27N3O2S. The highest BCUT2D eigenvalue weighted by atomic mass is 32.2. The van der Waals surface area contributed by atoms with Crippen molar-refractivity contribution in [2.75, 3.05) is 6.54 Å². The molecule has 0 radical (unpaired) electrons. The third kappa shape index (κ3) is 3.17. The molecule has 1 aliphatic heterocycles. The molecule has 0 spiro atoms. The Labute approximate surface area is 128 Å². The number of aromatic nitrogens is 1. The van der Waals surface area contributed by atoms with Crippen LogP contribution < -0.4 is 5.73 Å². The molecule has 1 aliphatic rings. The summed E-state index contributed by atoms with van der Waals surface area (Å²) in [5, 5.41) is 0. The van der Waals surface area contributed by atoms with Crippen molar-refractivity contribution >= 4 is 10.0 Å². The van der Waals surface area contributed by atoms with E-state index < -0.39 is 10.0 Å². The third-order valence-electron chi connectivity index (χ3n) is 4.26. The molecule has 0 bridgehead atoms. The number of aryl methyl sites for hydroxylation is 1. The summed E-state index contributed by atoms with van der Waals surface area (Å²) in [6, 6.07) is 1.85. The van der Waals surface area contributed by atoms with E-state index in [9.17, 15) is 8.42 Å². The van der Waals surface area contributed by atoms with E-state index in [0.717, 1.165) is 31.5 Å². The number of hydrogen-bond acceptors (Lipinski definition) is 3. The summed E-state index contributed by atoms with van der Waals surface area (Å²) in [7, 11) is -3.41. The lowest BCUT2D eigenvalue weighted by atomic mass is 10.0. The van der Waals surface area contributed by atoms with Crippen LogP contribution in [0, 0.1) is 5.92 Å². The first-order valence-corrected chi connectivity index (χ1v) is 9.26. The number of nitrogens with zero attached hydrogens (tertiary/aromatic N) is 2. The lowest BCUT2D eigenvalue weighted by molar-refractivity contribution is 0.315. The molecule has 1 atom stereocenters. The summed E-state index contributed by atoms with van der Waals surface area (Å²) in [5.74, 6) is 0.342. The highest BCUT2D eigenvalue weighted by Gasteiger charge is 2.37. The van der Waals surface area contributed by atoms with Gasteiger partial charge in [-0.1, -0.05) is 20.8 Å².